The maximum Gasteiger partial charge on any atom is 0.308 e. The fraction of sp³-hybridized carbons (Fsp3) is 0.290. The number of para-hydroxylation sites is 1. The van der Waals surface area contributed by atoms with Crippen molar-refractivity contribution < 1.29 is 51.0 Å². The Kier molecular flexibility index (Phi) is 9.21. The number of amides is 3. The summed E-state index contributed by atoms with van der Waals surface area (Å²) in [6, 6.07) is 14.6. The molecular formula is C31H27F4N3O7. The average Bonchev–Trinajstić information content (AvgIpc) is 3.33. The smallest absolute Gasteiger partial charge is 0.308 e. The predicted octanol–water partition coefficient (Wildman–Crippen LogP) is 4.14. The van der Waals surface area contributed by atoms with E-state index in [9.17, 15) is 36.7 Å². The molecule has 236 valence electrons. The first kappa shape index (κ1) is 31.3. The Morgan fingerprint density at radius 1 is 0.889 bits per heavy atom. The summed E-state index contributed by atoms with van der Waals surface area (Å²) < 4.78 is 70.7. The van der Waals surface area contributed by atoms with Gasteiger partial charge in [0.1, 0.15) is 23.5 Å². The number of hydrogen-bond donors (Lipinski definition) is 3. The predicted molar refractivity (Wildman–Crippen MR) is 149 cm³/mol. The standard InChI is InChI=1S/C31H27F4N3O7/c32-20-13-21(33)27(35)28(26(20)34)43-16-23-22(14-25(40)45-23)38-30(42)31(10-5-11-31)29(41)36-15-24(39)37-17-6-4-9-19(12-17)44-18-7-2-1-3-8-18/h1-4,6-9,12-13,22-23H,5,10-11,14-16H2,(H,36,41)(H,37,39)(H,38,42). The first-order chi connectivity index (χ1) is 21.6. The number of ether oxygens (including phenoxy) is 3. The van der Waals surface area contributed by atoms with Crippen molar-refractivity contribution in [1.82, 2.24) is 10.6 Å². The van der Waals surface area contributed by atoms with Crippen LogP contribution in [0.4, 0.5) is 23.2 Å². The number of carbonyl (C=O) groups is 4. The Bertz CT molecular complexity index is 1590. The molecule has 2 fully saturated rings. The second-order valence-electron chi connectivity index (χ2n) is 10.5. The summed E-state index contributed by atoms with van der Waals surface area (Å²) in [5.74, 6) is -9.98. The second-order valence-corrected chi connectivity index (χ2v) is 10.5. The van der Waals surface area contributed by atoms with E-state index in [1.54, 1.807) is 36.4 Å². The summed E-state index contributed by atoms with van der Waals surface area (Å²) in [6.07, 6.45) is -0.772. The van der Waals surface area contributed by atoms with Crippen molar-refractivity contribution in [3.05, 3.63) is 83.9 Å². The minimum atomic E-state index is -1.78. The molecule has 2 atom stereocenters. The molecule has 1 aliphatic carbocycles. The van der Waals surface area contributed by atoms with E-state index in [0.717, 1.165) is 0 Å². The Morgan fingerprint density at radius 3 is 2.24 bits per heavy atom. The Morgan fingerprint density at radius 2 is 1.58 bits per heavy atom. The highest BCUT2D eigenvalue weighted by atomic mass is 19.2. The van der Waals surface area contributed by atoms with Crippen molar-refractivity contribution in [3.8, 4) is 17.2 Å². The largest absolute Gasteiger partial charge is 0.483 e. The number of anilines is 1. The Balaban J connectivity index is 1.16. The van der Waals surface area contributed by atoms with Crippen LogP contribution in [0.2, 0.25) is 0 Å². The summed E-state index contributed by atoms with van der Waals surface area (Å²) in [7, 11) is 0. The number of esters is 1. The third-order valence-corrected chi connectivity index (χ3v) is 7.48. The van der Waals surface area contributed by atoms with E-state index in [-0.39, 0.29) is 25.3 Å². The third kappa shape index (κ3) is 7.00. The molecule has 1 aliphatic heterocycles. The van der Waals surface area contributed by atoms with Crippen molar-refractivity contribution in [1.29, 1.82) is 0 Å². The van der Waals surface area contributed by atoms with Gasteiger partial charge < -0.3 is 30.2 Å². The number of cyclic esters (lactones) is 1. The average molecular weight is 630 g/mol. The van der Waals surface area contributed by atoms with Crippen molar-refractivity contribution in [2.75, 3.05) is 18.5 Å². The molecule has 2 unspecified atom stereocenters. The number of carbonyl (C=O) groups excluding carboxylic acids is 4. The monoisotopic (exact) mass is 629 g/mol. The normalized spacial score (nSPS) is 18.3. The lowest BCUT2D eigenvalue weighted by Gasteiger charge is -2.39. The Hall–Kier alpha value is -5.14. The van der Waals surface area contributed by atoms with Crippen LogP contribution in [0.25, 0.3) is 0 Å². The lowest BCUT2D eigenvalue weighted by molar-refractivity contribution is -0.151. The molecule has 3 aromatic rings. The summed E-state index contributed by atoms with van der Waals surface area (Å²) in [4.78, 5) is 51.0. The van der Waals surface area contributed by atoms with Crippen LogP contribution in [-0.2, 0) is 23.9 Å². The summed E-state index contributed by atoms with van der Waals surface area (Å²) in [5, 5.41) is 7.67. The Labute approximate surface area is 254 Å². The van der Waals surface area contributed by atoms with Crippen LogP contribution in [0.3, 0.4) is 0 Å². The van der Waals surface area contributed by atoms with Gasteiger partial charge in [0.15, 0.2) is 23.5 Å². The molecule has 3 aromatic carbocycles. The van der Waals surface area contributed by atoms with Crippen LogP contribution >= 0.6 is 0 Å². The first-order valence-corrected chi connectivity index (χ1v) is 13.9. The number of halogens is 4. The van der Waals surface area contributed by atoms with Crippen LogP contribution in [0.1, 0.15) is 25.7 Å². The highest BCUT2D eigenvalue weighted by molar-refractivity contribution is 6.07. The number of benzene rings is 3. The fourth-order valence-electron chi connectivity index (χ4n) is 4.94. The molecule has 0 bridgehead atoms. The molecule has 2 aliphatic rings. The minimum absolute atomic E-state index is 0.0163. The topological polar surface area (TPSA) is 132 Å². The second kappa shape index (κ2) is 13.2. The highest BCUT2D eigenvalue weighted by Gasteiger charge is 2.52. The molecule has 1 heterocycles. The zero-order chi connectivity index (χ0) is 32.1. The molecule has 0 aromatic heterocycles. The van der Waals surface area contributed by atoms with E-state index in [1.165, 1.54) is 0 Å². The zero-order valence-corrected chi connectivity index (χ0v) is 23.5. The number of nitrogens with one attached hydrogen (secondary N) is 3. The van der Waals surface area contributed by atoms with Gasteiger partial charge in [-0.2, -0.15) is 8.78 Å². The van der Waals surface area contributed by atoms with Crippen molar-refractivity contribution >= 4 is 29.4 Å². The lowest BCUT2D eigenvalue weighted by Crippen LogP contribution is -2.58. The quantitative estimate of drug-likeness (QED) is 0.126. The van der Waals surface area contributed by atoms with E-state index < -0.39 is 83.4 Å². The van der Waals surface area contributed by atoms with Gasteiger partial charge in [-0.05, 0) is 37.1 Å². The van der Waals surface area contributed by atoms with Gasteiger partial charge in [0.05, 0.1) is 19.0 Å². The minimum Gasteiger partial charge on any atom is -0.483 e. The first-order valence-electron chi connectivity index (χ1n) is 13.9. The van der Waals surface area contributed by atoms with Crippen LogP contribution < -0.4 is 25.4 Å². The molecule has 3 amide bonds. The van der Waals surface area contributed by atoms with Crippen LogP contribution in [0.15, 0.2) is 60.7 Å². The van der Waals surface area contributed by atoms with Crippen LogP contribution in [0, 0.1) is 28.7 Å². The molecule has 5 rings (SSSR count). The van der Waals surface area contributed by atoms with Crippen LogP contribution in [0.5, 0.6) is 17.2 Å². The summed E-state index contributed by atoms with van der Waals surface area (Å²) in [5.41, 5.74) is -1.12. The maximum absolute atomic E-state index is 14.0. The van der Waals surface area contributed by atoms with E-state index in [4.69, 9.17) is 14.2 Å². The van der Waals surface area contributed by atoms with Gasteiger partial charge in [0.2, 0.25) is 29.4 Å². The van der Waals surface area contributed by atoms with Gasteiger partial charge >= 0.3 is 5.97 Å². The maximum atomic E-state index is 14.0. The van der Waals surface area contributed by atoms with Gasteiger partial charge in [-0.25, -0.2) is 8.78 Å². The zero-order valence-electron chi connectivity index (χ0n) is 23.5. The summed E-state index contributed by atoms with van der Waals surface area (Å²) >= 11 is 0. The van der Waals surface area contributed by atoms with Gasteiger partial charge in [-0.3, -0.25) is 19.2 Å². The van der Waals surface area contributed by atoms with E-state index in [2.05, 4.69) is 16.0 Å². The van der Waals surface area contributed by atoms with Crippen molar-refractivity contribution in [3.63, 3.8) is 0 Å². The van der Waals surface area contributed by atoms with Gasteiger partial charge in [-0.1, -0.05) is 30.7 Å². The van der Waals surface area contributed by atoms with E-state index in [0.29, 0.717) is 23.6 Å². The SMILES string of the molecule is O=C(CNC(=O)C1(C(=O)NC2CC(=O)OC2COc2c(F)c(F)cc(F)c2F)CCC1)Nc1cccc(Oc2ccccc2)c1. The lowest BCUT2D eigenvalue weighted by atomic mass is 9.67. The molecule has 3 N–H and O–H groups in total. The summed E-state index contributed by atoms with van der Waals surface area (Å²) in [6.45, 7) is -1.19. The molecule has 0 radical (unpaired) electrons. The van der Waals surface area contributed by atoms with Gasteiger partial charge in [0, 0.05) is 17.8 Å². The number of hydrogen-bond acceptors (Lipinski definition) is 7. The van der Waals surface area contributed by atoms with E-state index >= 15 is 0 Å². The van der Waals surface area contributed by atoms with Crippen molar-refractivity contribution in [2.24, 2.45) is 5.41 Å². The van der Waals surface area contributed by atoms with E-state index in [1.807, 2.05) is 18.2 Å². The molecule has 14 heteroatoms. The van der Waals surface area contributed by atoms with Gasteiger partial charge in [-0.15, -0.1) is 0 Å². The van der Waals surface area contributed by atoms with Gasteiger partial charge in [0.25, 0.3) is 0 Å². The van der Waals surface area contributed by atoms with Crippen molar-refractivity contribution in [2.45, 2.75) is 37.8 Å². The molecular weight excluding hydrogens is 602 g/mol. The fourth-order valence-corrected chi connectivity index (χ4v) is 4.94. The third-order valence-electron chi connectivity index (χ3n) is 7.48. The van der Waals surface area contributed by atoms with Crippen LogP contribution in [-0.4, -0.2) is 49.0 Å². The molecule has 10 nitrogen and oxygen atoms in total. The molecule has 0 spiro atoms. The number of rotatable bonds is 11. The molecule has 1 saturated carbocycles. The molecule has 45 heavy (non-hydrogen) atoms. The highest BCUT2D eigenvalue weighted by Crippen LogP contribution is 2.42. The molecule has 1 saturated heterocycles.